The molecule has 3 nitrogen and oxygen atoms in total. The molecule has 2 atom stereocenters. The van der Waals surface area contributed by atoms with Crippen LogP contribution in [0, 0.1) is 5.82 Å². The van der Waals surface area contributed by atoms with E-state index in [1.54, 1.807) is 12.3 Å². The number of rotatable bonds is 9. The first-order chi connectivity index (χ1) is 9.24. The van der Waals surface area contributed by atoms with E-state index >= 15 is 0 Å². The molecule has 1 aromatic rings. The Hall–Kier alpha value is -1.00. The van der Waals surface area contributed by atoms with Gasteiger partial charge in [0, 0.05) is 18.4 Å². The summed E-state index contributed by atoms with van der Waals surface area (Å²) in [6.07, 6.45) is 5.84. The van der Waals surface area contributed by atoms with Gasteiger partial charge in [0.25, 0.3) is 0 Å². The van der Waals surface area contributed by atoms with E-state index < -0.39 is 0 Å². The van der Waals surface area contributed by atoms with Crippen molar-refractivity contribution in [1.82, 2.24) is 10.3 Å². The SMILES string of the molecule is CCCNC(c1ccncc1F)C(CCC)OCC. The van der Waals surface area contributed by atoms with Crippen molar-refractivity contribution in [2.45, 2.75) is 52.2 Å². The largest absolute Gasteiger partial charge is 0.377 e. The van der Waals surface area contributed by atoms with Crippen LogP contribution in [0.3, 0.4) is 0 Å². The molecule has 19 heavy (non-hydrogen) atoms. The first kappa shape index (κ1) is 16.1. The number of hydrogen-bond donors (Lipinski definition) is 1. The normalized spacial score (nSPS) is 14.3. The number of halogens is 1. The molecule has 2 unspecified atom stereocenters. The van der Waals surface area contributed by atoms with Crippen LogP contribution < -0.4 is 5.32 Å². The lowest BCUT2D eigenvalue weighted by atomic mass is 9.98. The van der Waals surface area contributed by atoms with Crippen molar-refractivity contribution in [2.75, 3.05) is 13.2 Å². The Kier molecular flexibility index (Phi) is 7.60. The van der Waals surface area contributed by atoms with Crippen molar-refractivity contribution in [3.8, 4) is 0 Å². The van der Waals surface area contributed by atoms with Gasteiger partial charge in [-0.15, -0.1) is 0 Å². The highest BCUT2D eigenvalue weighted by Crippen LogP contribution is 2.24. The highest BCUT2D eigenvalue weighted by molar-refractivity contribution is 5.19. The lowest BCUT2D eigenvalue weighted by Gasteiger charge is -2.28. The zero-order chi connectivity index (χ0) is 14.1. The van der Waals surface area contributed by atoms with E-state index in [4.69, 9.17) is 4.74 Å². The minimum Gasteiger partial charge on any atom is -0.377 e. The van der Waals surface area contributed by atoms with Crippen LogP contribution in [0.25, 0.3) is 0 Å². The van der Waals surface area contributed by atoms with Crippen LogP contribution >= 0.6 is 0 Å². The summed E-state index contributed by atoms with van der Waals surface area (Å²) in [7, 11) is 0. The molecule has 1 rings (SSSR count). The molecule has 1 aromatic heterocycles. The molecule has 1 N–H and O–H groups in total. The smallest absolute Gasteiger partial charge is 0.146 e. The van der Waals surface area contributed by atoms with Gasteiger partial charge >= 0.3 is 0 Å². The highest BCUT2D eigenvalue weighted by atomic mass is 19.1. The molecular weight excluding hydrogens is 243 g/mol. The van der Waals surface area contributed by atoms with Crippen molar-refractivity contribution in [3.05, 3.63) is 29.8 Å². The van der Waals surface area contributed by atoms with E-state index in [0.717, 1.165) is 25.8 Å². The van der Waals surface area contributed by atoms with Crippen LogP contribution in [0.2, 0.25) is 0 Å². The van der Waals surface area contributed by atoms with Gasteiger partial charge in [-0.05, 0) is 32.4 Å². The number of ether oxygens (including phenoxy) is 1. The molecular formula is C15H25FN2O. The molecule has 0 bridgehead atoms. The van der Waals surface area contributed by atoms with Gasteiger partial charge in [0.2, 0.25) is 0 Å². The van der Waals surface area contributed by atoms with Crippen molar-refractivity contribution < 1.29 is 9.13 Å². The third-order valence-corrected chi connectivity index (χ3v) is 3.08. The van der Waals surface area contributed by atoms with Gasteiger partial charge in [-0.3, -0.25) is 4.98 Å². The van der Waals surface area contributed by atoms with Gasteiger partial charge in [0.1, 0.15) is 5.82 Å². The van der Waals surface area contributed by atoms with Gasteiger partial charge in [0.05, 0.1) is 18.3 Å². The summed E-state index contributed by atoms with van der Waals surface area (Å²) in [6, 6.07) is 1.63. The first-order valence-electron chi connectivity index (χ1n) is 7.18. The quantitative estimate of drug-likeness (QED) is 0.744. The van der Waals surface area contributed by atoms with Crippen molar-refractivity contribution in [3.63, 3.8) is 0 Å². The number of aromatic nitrogens is 1. The number of hydrogen-bond acceptors (Lipinski definition) is 3. The molecule has 0 aromatic carbocycles. The fraction of sp³-hybridized carbons (Fsp3) is 0.667. The fourth-order valence-electron chi connectivity index (χ4n) is 2.22. The van der Waals surface area contributed by atoms with Crippen LogP contribution in [0.4, 0.5) is 4.39 Å². The lowest BCUT2D eigenvalue weighted by molar-refractivity contribution is 0.0267. The second-order valence-corrected chi connectivity index (χ2v) is 4.61. The predicted molar refractivity (Wildman–Crippen MR) is 75.6 cm³/mol. The zero-order valence-corrected chi connectivity index (χ0v) is 12.2. The van der Waals surface area contributed by atoms with E-state index in [9.17, 15) is 4.39 Å². The standard InChI is InChI=1S/C15H25FN2O/c1-4-7-14(19-6-3)15(18-9-5-2)12-8-10-17-11-13(12)16/h8,10-11,14-15,18H,4-7,9H2,1-3H3. The van der Waals surface area contributed by atoms with E-state index in [1.807, 2.05) is 6.92 Å². The molecule has 0 spiro atoms. The summed E-state index contributed by atoms with van der Waals surface area (Å²) in [5, 5.41) is 3.40. The van der Waals surface area contributed by atoms with Crippen LogP contribution in [0.1, 0.15) is 51.6 Å². The average molecular weight is 268 g/mol. The molecule has 1 heterocycles. The topological polar surface area (TPSA) is 34.2 Å². The fourth-order valence-corrected chi connectivity index (χ4v) is 2.22. The van der Waals surface area contributed by atoms with Crippen molar-refractivity contribution in [1.29, 1.82) is 0 Å². The average Bonchev–Trinajstić information content (AvgIpc) is 2.41. The Balaban J connectivity index is 2.94. The maximum Gasteiger partial charge on any atom is 0.146 e. The molecule has 0 saturated heterocycles. The van der Waals surface area contributed by atoms with E-state index in [-0.39, 0.29) is 18.0 Å². The van der Waals surface area contributed by atoms with Crippen molar-refractivity contribution >= 4 is 0 Å². The van der Waals surface area contributed by atoms with E-state index in [2.05, 4.69) is 24.1 Å². The zero-order valence-electron chi connectivity index (χ0n) is 12.2. The number of nitrogens with one attached hydrogen (secondary N) is 1. The van der Waals surface area contributed by atoms with E-state index in [0.29, 0.717) is 12.2 Å². The molecule has 4 heteroatoms. The van der Waals surface area contributed by atoms with Gasteiger partial charge in [-0.25, -0.2) is 4.39 Å². The van der Waals surface area contributed by atoms with Gasteiger partial charge < -0.3 is 10.1 Å². The summed E-state index contributed by atoms with van der Waals surface area (Å²) >= 11 is 0. The maximum atomic E-state index is 13.9. The second kappa shape index (κ2) is 8.99. The summed E-state index contributed by atoms with van der Waals surface area (Å²) in [6.45, 7) is 7.68. The van der Waals surface area contributed by atoms with Crippen LogP contribution in [-0.2, 0) is 4.74 Å². The molecule has 0 aliphatic carbocycles. The Morgan fingerprint density at radius 1 is 1.32 bits per heavy atom. The number of nitrogens with zero attached hydrogens (tertiary/aromatic N) is 1. The Bertz CT molecular complexity index is 354. The molecule has 108 valence electrons. The summed E-state index contributed by atoms with van der Waals surface area (Å²) in [5.41, 5.74) is 0.648. The summed E-state index contributed by atoms with van der Waals surface area (Å²) in [4.78, 5) is 3.82. The third-order valence-electron chi connectivity index (χ3n) is 3.08. The lowest BCUT2D eigenvalue weighted by Crippen LogP contribution is -2.35. The Morgan fingerprint density at radius 3 is 2.68 bits per heavy atom. The molecule has 0 radical (unpaired) electrons. The molecule has 0 fully saturated rings. The van der Waals surface area contributed by atoms with Crippen LogP contribution in [-0.4, -0.2) is 24.2 Å². The first-order valence-corrected chi connectivity index (χ1v) is 7.18. The summed E-state index contributed by atoms with van der Waals surface area (Å²) in [5.74, 6) is -0.267. The Labute approximate surface area is 115 Å². The van der Waals surface area contributed by atoms with Crippen molar-refractivity contribution in [2.24, 2.45) is 0 Å². The monoisotopic (exact) mass is 268 g/mol. The minimum absolute atomic E-state index is 0.00144. The van der Waals surface area contributed by atoms with Crippen LogP contribution in [0.5, 0.6) is 0 Å². The molecule has 0 amide bonds. The van der Waals surface area contributed by atoms with E-state index in [1.165, 1.54) is 6.20 Å². The third kappa shape index (κ3) is 4.88. The minimum atomic E-state index is -0.267. The second-order valence-electron chi connectivity index (χ2n) is 4.61. The Morgan fingerprint density at radius 2 is 2.11 bits per heavy atom. The molecule has 0 aliphatic heterocycles. The van der Waals surface area contributed by atoms with Gasteiger partial charge in [0.15, 0.2) is 0 Å². The van der Waals surface area contributed by atoms with Gasteiger partial charge in [-0.2, -0.15) is 0 Å². The predicted octanol–water partition coefficient (Wildman–Crippen LogP) is 3.47. The van der Waals surface area contributed by atoms with Crippen LogP contribution in [0.15, 0.2) is 18.5 Å². The molecule has 0 aliphatic rings. The number of pyridine rings is 1. The maximum absolute atomic E-state index is 13.9. The highest BCUT2D eigenvalue weighted by Gasteiger charge is 2.24. The van der Waals surface area contributed by atoms with Gasteiger partial charge in [-0.1, -0.05) is 20.3 Å². The summed E-state index contributed by atoms with van der Waals surface area (Å²) < 4.78 is 19.8. The molecule has 0 saturated carbocycles.